The SMILES string of the molecule is CC(C)C[O][SbH2]. The van der Waals surface area contributed by atoms with Crippen LogP contribution in [0.5, 0.6) is 0 Å². The van der Waals surface area contributed by atoms with Crippen LogP contribution in [0, 0.1) is 5.92 Å². The van der Waals surface area contributed by atoms with Gasteiger partial charge in [-0.1, -0.05) is 0 Å². The third-order valence-corrected chi connectivity index (χ3v) is 0.979. The van der Waals surface area contributed by atoms with Crippen molar-refractivity contribution in [3.63, 3.8) is 0 Å². The van der Waals surface area contributed by atoms with Gasteiger partial charge in [-0.2, -0.15) is 0 Å². The van der Waals surface area contributed by atoms with E-state index in [1.807, 2.05) is 0 Å². The first-order valence-electron chi connectivity index (χ1n) is 2.09. The monoisotopic (exact) mass is 196 g/mol. The van der Waals surface area contributed by atoms with Gasteiger partial charge in [0.1, 0.15) is 0 Å². The molecule has 2 heteroatoms. The molecular formula is C4H11OSb. The van der Waals surface area contributed by atoms with Crippen molar-refractivity contribution in [1.29, 1.82) is 0 Å². The van der Waals surface area contributed by atoms with Crippen molar-refractivity contribution in [1.82, 2.24) is 0 Å². The Morgan fingerprint density at radius 3 is 2.17 bits per heavy atom. The van der Waals surface area contributed by atoms with Crippen LogP contribution in [0.1, 0.15) is 13.8 Å². The summed E-state index contributed by atoms with van der Waals surface area (Å²) in [7, 11) is 0. The van der Waals surface area contributed by atoms with Crippen molar-refractivity contribution in [3.05, 3.63) is 0 Å². The van der Waals surface area contributed by atoms with Crippen molar-refractivity contribution in [2.24, 2.45) is 5.92 Å². The third-order valence-electron chi connectivity index (χ3n) is 0.430. The molecule has 0 heterocycles. The molecule has 0 N–H and O–H groups in total. The fourth-order valence-electron chi connectivity index (χ4n) is 0.192. The summed E-state index contributed by atoms with van der Waals surface area (Å²) in [6.07, 6.45) is 0. The van der Waals surface area contributed by atoms with Gasteiger partial charge in [-0.05, 0) is 0 Å². The maximum atomic E-state index is 4.93. The first kappa shape index (κ1) is 6.78. The molecule has 0 aromatic carbocycles. The standard InChI is InChI=1S/C4H9O.Sb.2H/c1-4(2)3-5;;;/h4H,3H2,1-2H3;;;/q-1;+1;;. The van der Waals surface area contributed by atoms with E-state index in [4.69, 9.17) is 3.02 Å². The molecule has 0 aromatic heterocycles. The molecule has 0 aliphatic carbocycles. The van der Waals surface area contributed by atoms with Crippen LogP contribution in [0.25, 0.3) is 0 Å². The molecule has 0 radical (unpaired) electrons. The van der Waals surface area contributed by atoms with E-state index in [-0.39, 0.29) is 0 Å². The summed E-state index contributed by atoms with van der Waals surface area (Å²) in [5.41, 5.74) is 0. The van der Waals surface area contributed by atoms with Crippen LogP contribution < -0.4 is 0 Å². The summed E-state index contributed by atoms with van der Waals surface area (Å²) in [6.45, 7) is 5.23. The van der Waals surface area contributed by atoms with Crippen LogP contribution in [-0.4, -0.2) is 30.0 Å². The fraction of sp³-hybridized carbons (Fsp3) is 1.00. The van der Waals surface area contributed by atoms with E-state index in [0.717, 1.165) is 30.0 Å². The van der Waals surface area contributed by atoms with Crippen LogP contribution in [0.4, 0.5) is 0 Å². The zero-order chi connectivity index (χ0) is 4.99. The van der Waals surface area contributed by atoms with Gasteiger partial charge in [0.05, 0.1) is 0 Å². The second-order valence-corrected chi connectivity index (χ2v) is 2.68. The Morgan fingerprint density at radius 2 is 2.17 bits per heavy atom. The zero-order valence-electron chi connectivity index (χ0n) is 4.27. The zero-order valence-corrected chi connectivity index (χ0v) is 7.57. The Morgan fingerprint density at radius 1 is 1.67 bits per heavy atom. The van der Waals surface area contributed by atoms with Gasteiger partial charge in [0.2, 0.25) is 0 Å². The van der Waals surface area contributed by atoms with Gasteiger partial charge in [-0.3, -0.25) is 0 Å². The van der Waals surface area contributed by atoms with Crippen LogP contribution in [0.2, 0.25) is 0 Å². The first-order valence-corrected chi connectivity index (χ1v) is 3.43. The molecule has 0 bridgehead atoms. The topological polar surface area (TPSA) is 9.23 Å². The molecule has 0 amide bonds. The molecule has 0 atom stereocenters. The summed E-state index contributed by atoms with van der Waals surface area (Å²) in [5.74, 6) is 0.708. The van der Waals surface area contributed by atoms with Gasteiger partial charge in [0, 0.05) is 0 Å². The number of hydrogen-bond donors (Lipinski definition) is 0. The average Bonchev–Trinajstić information content (AvgIpc) is 1.35. The molecule has 0 aliphatic rings. The normalized spacial score (nSPS) is 10.0. The summed E-state index contributed by atoms with van der Waals surface area (Å²) >= 11 is 0.940. The summed E-state index contributed by atoms with van der Waals surface area (Å²) < 4.78 is 4.93. The van der Waals surface area contributed by atoms with Gasteiger partial charge in [0.15, 0.2) is 0 Å². The molecule has 0 fully saturated rings. The molecule has 6 heavy (non-hydrogen) atoms. The fourth-order valence-corrected chi connectivity index (χ4v) is 1.29. The van der Waals surface area contributed by atoms with Gasteiger partial charge in [0.25, 0.3) is 0 Å². The van der Waals surface area contributed by atoms with E-state index in [9.17, 15) is 0 Å². The van der Waals surface area contributed by atoms with E-state index in [2.05, 4.69) is 13.8 Å². The molecule has 1 nitrogen and oxygen atoms in total. The van der Waals surface area contributed by atoms with E-state index in [1.165, 1.54) is 0 Å². The molecule has 0 saturated heterocycles. The second-order valence-electron chi connectivity index (χ2n) is 1.73. The van der Waals surface area contributed by atoms with Crippen LogP contribution in [-0.2, 0) is 3.02 Å². The van der Waals surface area contributed by atoms with Gasteiger partial charge in [-0.25, -0.2) is 0 Å². The summed E-state index contributed by atoms with van der Waals surface area (Å²) in [4.78, 5) is 0. The van der Waals surface area contributed by atoms with E-state index in [1.54, 1.807) is 0 Å². The predicted octanol–water partition coefficient (Wildman–Crippen LogP) is 0.207. The van der Waals surface area contributed by atoms with Crippen molar-refractivity contribution < 1.29 is 3.02 Å². The van der Waals surface area contributed by atoms with Crippen molar-refractivity contribution >= 4 is 23.4 Å². The predicted molar refractivity (Wildman–Crippen MR) is 29.3 cm³/mol. The Balaban J connectivity index is 2.63. The Labute approximate surface area is 53.1 Å². The molecule has 0 unspecified atom stereocenters. The Bertz CT molecular complexity index is 28.7. The number of hydrogen-bond acceptors (Lipinski definition) is 1. The second kappa shape index (κ2) is 3.95. The van der Waals surface area contributed by atoms with Crippen molar-refractivity contribution in [2.45, 2.75) is 13.8 Å². The molecule has 0 spiro atoms. The third kappa shape index (κ3) is 4.78. The van der Waals surface area contributed by atoms with E-state index in [0.29, 0.717) is 5.92 Å². The summed E-state index contributed by atoms with van der Waals surface area (Å²) in [6, 6.07) is 0. The molecule has 0 rings (SSSR count). The Kier molecular flexibility index (Phi) is 4.46. The van der Waals surface area contributed by atoms with E-state index >= 15 is 0 Å². The van der Waals surface area contributed by atoms with Crippen molar-refractivity contribution in [3.8, 4) is 0 Å². The van der Waals surface area contributed by atoms with Gasteiger partial charge in [-0.15, -0.1) is 0 Å². The first-order chi connectivity index (χ1) is 2.77. The molecular weight excluding hydrogens is 186 g/mol. The van der Waals surface area contributed by atoms with Crippen LogP contribution in [0.3, 0.4) is 0 Å². The van der Waals surface area contributed by atoms with E-state index < -0.39 is 0 Å². The Hall–Kier alpha value is 0.778. The van der Waals surface area contributed by atoms with Gasteiger partial charge >= 0.3 is 52.8 Å². The van der Waals surface area contributed by atoms with Crippen molar-refractivity contribution in [2.75, 3.05) is 6.61 Å². The molecule has 38 valence electrons. The summed E-state index contributed by atoms with van der Waals surface area (Å²) in [5, 5.41) is 0. The molecule has 0 saturated carbocycles. The minimum atomic E-state index is 0.708. The number of rotatable bonds is 2. The molecule has 0 aromatic rings. The van der Waals surface area contributed by atoms with Crippen LogP contribution in [0.15, 0.2) is 0 Å². The minimum absolute atomic E-state index is 0.708. The maximum absolute atomic E-state index is 4.93. The van der Waals surface area contributed by atoms with Gasteiger partial charge < -0.3 is 0 Å². The average molecular weight is 197 g/mol. The quantitative estimate of drug-likeness (QED) is 0.574. The molecule has 0 aliphatic heterocycles. The van der Waals surface area contributed by atoms with Crippen LogP contribution >= 0.6 is 0 Å².